The topological polar surface area (TPSA) is 85.0 Å². The number of hydrogen-bond acceptors (Lipinski definition) is 3. The molecule has 0 aromatic carbocycles. The second-order valence-electron chi connectivity index (χ2n) is 1.17. The van der Waals surface area contributed by atoms with Crippen molar-refractivity contribution in [2.45, 2.75) is 0 Å². The molecule has 0 spiro atoms. The summed E-state index contributed by atoms with van der Waals surface area (Å²) >= 11 is 0. The zero-order valence-corrected chi connectivity index (χ0v) is 5.85. The number of aromatic amines is 1. The number of rotatable bonds is 0. The Labute approximate surface area is 69.6 Å². The molecule has 0 aliphatic rings. The van der Waals surface area contributed by atoms with E-state index in [2.05, 4.69) is 4.98 Å². The van der Waals surface area contributed by atoms with E-state index in [0.29, 0.717) is 0 Å². The molecule has 6 heteroatoms. The Balaban J connectivity index is 0. The Morgan fingerprint density at radius 3 is 1.40 bits per heavy atom. The van der Waals surface area contributed by atoms with E-state index in [1.807, 2.05) is 24.5 Å². The average Bonchev–Trinajstić information content (AvgIpc) is 2.11. The zero-order valence-electron chi connectivity index (χ0n) is 4.91. The fraction of sp³-hybridized carbons (Fsp3) is 0. The minimum atomic E-state index is -2.92. The van der Waals surface area contributed by atoms with Gasteiger partial charge < -0.3 is 20.1 Å². The van der Waals surface area contributed by atoms with E-state index in [9.17, 15) is 0 Å². The first-order valence-corrected chi connectivity index (χ1v) is 2.28. The molecule has 0 saturated heterocycles. The summed E-state index contributed by atoms with van der Waals surface area (Å²) in [7, 11) is -2.92. The summed E-state index contributed by atoms with van der Waals surface area (Å²) in [6.45, 7) is 0. The van der Waals surface area contributed by atoms with Gasteiger partial charge in [0.05, 0.1) is 0 Å². The van der Waals surface area contributed by atoms with E-state index in [4.69, 9.17) is 15.1 Å². The van der Waals surface area contributed by atoms with Crippen molar-refractivity contribution in [2.75, 3.05) is 0 Å². The molecule has 0 aliphatic carbocycles. The second kappa shape index (κ2) is 8.74. The molecule has 10 heavy (non-hydrogen) atoms. The Morgan fingerprint density at radius 1 is 1.00 bits per heavy atom. The number of nitrogens with one attached hydrogen (secondary N) is 1. The number of H-pyrrole nitrogens is 1. The van der Waals surface area contributed by atoms with Gasteiger partial charge in [0.15, 0.2) is 0 Å². The van der Waals surface area contributed by atoms with Crippen molar-refractivity contribution in [3.05, 3.63) is 24.5 Å². The van der Waals surface area contributed by atoms with Crippen LogP contribution in [0.5, 0.6) is 0 Å². The second-order valence-corrected chi connectivity index (χ2v) is 1.17. The number of hydrogen-bond donors (Lipinski definition) is 1. The molecule has 1 rings (SSSR count). The maximum Gasteiger partial charge on any atom is 3.00 e. The van der Waals surface area contributed by atoms with Crippen LogP contribution in [0, 0.1) is 0 Å². The molecule has 0 atom stereocenters. The Morgan fingerprint density at radius 2 is 1.30 bits per heavy atom. The van der Waals surface area contributed by atoms with Crippen molar-refractivity contribution in [1.82, 2.24) is 4.98 Å². The maximum absolute atomic E-state index is 8.42. The van der Waals surface area contributed by atoms with Gasteiger partial charge >= 0.3 is 17.1 Å². The molecular weight excluding hydrogens is 184 g/mol. The van der Waals surface area contributed by atoms with Crippen molar-refractivity contribution in [2.24, 2.45) is 0 Å². The van der Waals surface area contributed by atoms with Crippen LogP contribution in [0.15, 0.2) is 24.5 Å². The fourth-order valence-electron chi connectivity index (χ4n) is 0.278. The van der Waals surface area contributed by atoms with Gasteiger partial charge in [-0.25, -0.2) is 0 Å². The van der Waals surface area contributed by atoms with Gasteiger partial charge in [-0.15, -0.1) is 0 Å². The van der Waals surface area contributed by atoms with Crippen molar-refractivity contribution >= 4 is 7.32 Å². The van der Waals surface area contributed by atoms with E-state index < -0.39 is 7.32 Å². The molecule has 58 valence electrons. The van der Waals surface area contributed by atoms with Gasteiger partial charge in [-0.05, 0) is 12.1 Å². The van der Waals surface area contributed by atoms with Crippen LogP contribution in [0.3, 0.4) is 0 Å². The molecule has 0 fully saturated rings. The standard InChI is InChI=1S/C4H5N.BO3.Cu/c1-2-4-5-3-1;2-1(3)4;/h1-5H;;/q;-3;+3. The first kappa shape index (κ1) is 12.4. The molecule has 1 N–H and O–H groups in total. The normalized spacial score (nSPS) is 6.70. The molecule has 0 radical (unpaired) electrons. The maximum atomic E-state index is 8.42. The van der Waals surface area contributed by atoms with Crippen LogP contribution in [0.4, 0.5) is 0 Å². The molecule has 0 unspecified atom stereocenters. The predicted octanol–water partition coefficient (Wildman–Crippen LogP) is -2.94. The summed E-state index contributed by atoms with van der Waals surface area (Å²) in [4.78, 5) is 2.86. The summed E-state index contributed by atoms with van der Waals surface area (Å²) < 4.78 is 0. The molecule has 4 nitrogen and oxygen atoms in total. The van der Waals surface area contributed by atoms with E-state index in [1.165, 1.54) is 0 Å². The third-order valence-electron chi connectivity index (χ3n) is 0.496. The quantitative estimate of drug-likeness (QED) is 0.443. The van der Waals surface area contributed by atoms with Crippen molar-refractivity contribution in [3.63, 3.8) is 0 Å². The third kappa shape index (κ3) is 15.6. The molecule has 0 amide bonds. The molecule has 0 bridgehead atoms. The van der Waals surface area contributed by atoms with Gasteiger partial charge in [-0.1, -0.05) is 0 Å². The molecule has 1 aromatic rings. The fourth-order valence-corrected chi connectivity index (χ4v) is 0.278. The smallest absolute Gasteiger partial charge is 0.907 e. The first-order valence-electron chi connectivity index (χ1n) is 2.28. The average molecular weight is 189 g/mol. The van der Waals surface area contributed by atoms with Crippen LogP contribution in [0.1, 0.15) is 0 Å². The van der Waals surface area contributed by atoms with Gasteiger partial charge in [-0.2, -0.15) is 0 Å². The minimum absolute atomic E-state index is 0. The van der Waals surface area contributed by atoms with Crippen LogP contribution in [-0.2, 0) is 17.1 Å². The van der Waals surface area contributed by atoms with Crippen LogP contribution in [0.2, 0.25) is 0 Å². The molecular formula is C4H5BCuNO3. The van der Waals surface area contributed by atoms with E-state index in [0.717, 1.165) is 0 Å². The summed E-state index contributed by atoms with van der Waals surface area (Å²) in [5.74, 6) is 0. The molecule has 1 heterocycles. The van der Waals surface area contributed by atoms with Crippen LogP contribution < -0.4 is 15.1 Å². The summed E-state index contributed by atoms with van der Waals surface area (Å²) in [6, 6.07) is 3.89. The van der Waals surface area contributed by atoms with Crippen LogP contribution in [0.25, 0.3) is 0 Å². The van der Waals surface area contributed by atoms with Gasteiger partial charge in [0.2, 0.25) is 0 Å². The van der Waals surface area contributed by atoms with Crippen molar-refractivity contribution in [3.8, 4) is 0 Å². The first-order chi connectivity index (χ1) is 4.23. The third-order valence-corrected chi connectivity index (χ3v) is 0.496. The molecule has 0 saturated carbocycles. The molecule has 0 aliphatic heterocycles. The summed E-state index contributed by atoms with van der Waals surface area (Å²) in [5.41, 5.74) is 0. The van der Waals surface area contributed by atoms with Gasteiger partial charge in [0.25, 0.3) is 0 Å². The Kier molecular flexibility index (Phi) is 10.9. The Bertz CT molecular complexity index is 104. The van der Waals surface area contributed by atoms with Crippen molar-refractivity contribution < 1.29 is 32.1 Å². The zero-order chi connectivity index (χ0) is 7.11. The van der Waals surface area contributed by atoms with E-state index in [1.54, 1.807) is 0 Å². The monoisotopic (exact) mass is 189 g/mol. The van der Waals surface area contributed by atoms with Gasteiger partial charge in [-0.3, -0.25) is 7.32 Å². The Hall–Kier alpha value is -0.256. The van der Waals surface area contributed by atoms with Crippen LogP contribution in [-0.4, -0.2) is 12.3 Å². The van der Waals surface area contributed by atoms with E-state index in [-0.39, 0.29) is 17.1 Å². The molecule has 1 aromatic heterocycles. The van der Waals surface area contributed by atoms with Crippen molar-refractivity contribution in [1.29, 1.82) is 0 Å². The number of aromatic nitrogens is 1. The van der Waals surface area contributed by atoms with Gasteiger partial charge in [0.1, 0.15) is 0 Å². The predicted molar refractivity (Wildman–Crippen MR) is 26.5 cm³/mol. The largest absolute Gasteiger partial charge is 3.00 e. The van der Waals surface area contributed by atoms with E-state index >= 15 is 0 Å². The SMILES string of the molecule is [Cu+3].[O-]B([O-])[O-].c1cc[nH]c1. The minimum Gasteiger partial charge on any atom is -0.907 e. The summed E-state index contributed by atoms with van der Waals surface area (Å²) in [5, 5.41) is 25.2. The van der Waals surface area contributed by atoms with Gasteiger partial charge in [0, 0.05) is 12.4 Å². The summed E-state index contributed by atoms with van der Waals surface area (Å²) in [6.07, 6.45) is 3.75. The van der Waals surface area contributed by atoms with Crippen LogP contribution >= 0.6 is 0 Å².